The molecule has 1 aromatic carbocycles. The van der Waals surface area contributed by atoms with Crippen molar-refractivity contribution in [1.29, 1.82) is 0 Å². The molecule has 118 valence electrons. The summed E-state index contributed by atoms with van der Waals surface area (Å²) in [5.41, 5.74) is 1.11. The van der Waals surface area contributed by atoms with Crippen LogP contribution in [0.25, 0.3) is 0 Å². The van der Waals surface area contributed by atoms with Crippen LogP contribution in [-0.2, 0) is 13.6 Å². The predicted molar refractivity (Wildman–Crippen MR) is 89.0 cm³/mol. The number of nitrogens with one attached hydrogen (secondary N) is 1. The zero-order valence-electron chi connectivity index (χ0n) is 12.2. The Bertz CT molecular complexity index is 835. The van der Waals surface area contributed by atoms with Crippen LogP contribution in [0.4, 0.5) is 5.82 Å². The van der Waals surface area contributed by atoms with Gasteiger partial charge in [0, 0.05) is 41.1 Å². The molecule has 23 heavy (non-hydrogen) atoms. The number of nitrogens with zero attached hydrogens (tertiary/aromatic N) is 4. The molecule has 0 aliphatic carbocycles. The molecule has 3 rings (SSSR count). The number of aromatic nitrogens is 4. The minimum Gasteiger partial charge on any atom is -0.304 e. The molecule has 2 heterocycles. The minimum absolute atomic E-state index is 0.313. The maximum absolute atomic E-state index is 12.0. The summed E-state index contributed by atoms with van der Waals surface area (Å²) < 4.78 is 3.22. The van der Waals surface area contributed by atoms with Crippen LogP contribution in [0.5, 0.6) is 0 Å². The molecule has 0 saturated carbocycles. The molecule has 2 aromatic heterocycles. The van der Waals surface area contributed by atoms with Crippen molar-refractivity contribution in [3.63, 3.8) is 0 Å². The summed E-state index contributed by atoms with van der Waals surface area (Å²) in [6.07, 6.45) is 3.45. The van der Waals surface area contributed by atoms with Crippen LogP contribution in [0.3, 0.4) is 0 Å². The smallest absolute Gasteiger partial charge is 0.277 e. The first kappa shape index (κ1) is 15.6. The molecule has 0 spiro atoms. The van der Waals surface area contributed by atoms with E-state index in [9.17, 15) is 4.79 Å². The van der Waals surface area contributed by atoms with Gasteiger partial charge in [-0.15, -0.1) is 0 Å². The normalized spacial score (nSPS) is 10.7. The molecule has 0 unspecified atom stereocenters. The van der Waals surface area contributed by atoms with Crippen LogP contribution < -0.4 is 5.32 Å². The molecule has 6 nitrogen and oxygen atoms in total. The standard InChI is InChI=1S/C15H13Cl2N5O/c1-21-7-5-13(19-21)15(23)18-14-6-8-22(20-14)9-10-11(16)3-2-4-12(10)17/h2-8H,9H2,1H3,(H,18,20,23). The summed E-state index contributed by atoms with van der Waals surface area (Å²) in [4.78, 5) is 12.0. The Kier molecular flexibility index (Phi) is 4.36. The van der Waals surface area contributed by atoms with E-state index in [2.05, 4.69) is 15.5 Å². The fourth-order valence-corrected chi connectivity index (χ4v) is 2.60. The van der Waals surface area contributed by atoms with Gasteiger partial charge in [-0.25, -0.2) is 0 Å². The number of anilines is 1. The number of rotatable bonds is 4. The molecular weight excluding hydrogens is 337 g/mol. The number of benzene rings is 1. The first-order valence-electron chi connectivity index (χ1n) is 6.80. The molecule has 0 fully saturated rings. The van der Waals surface area contributed by atoms with Crippen LogP contribution in [0.15, 0.2) is 42.7 Å². The van der Waals surface area contributed by atoms with Gasteiger partial charge in [-0.2, -0.15) is 10.2 Å². The number of hydrogen-bond acceptors (Lipinski definition) is 3. The molecule has 0 aliphatic heterocycles. The summed E-state index contributed by atoms with van der Waals surface area (Å²) in [7, 11) is 1.75. The highest BCUT2D eigenvalue weighted by atomic mass is 35.5. The third-order valence-corrected chi connectivity index (χ3v) is 3.92. The summed E-state index contributed by atoms with van der Waals surface area (Å²) in [6.45, 7) is 0.415. The van der Waals surface area contributed by atoms with E-state index >= 15 is 0 Å². The Labute approximate surface area is 142 Å². The third kappa shape index (κ3) is 3.55. The molecule has 0 radical (unpaired) electrons. The fourth-order valence-electron chi connectivity index (χ4n) is 2.08. The number of hydrogen-bond donors (Lipinski definition) is 1. The molecule has 8 heteroatoms. The quantitative estimate of drug-likeness (QED) is 0.786. The zero-order valence-corrected chi connectivity index (χ0v) is 13.7. The van der Waals surface area contributed by atoms with Crippen molar-refractivity contribution in [2.75, 3.05) is 5.32 Å². The van der Waals surface area contributed by atoms with E-state index in [1.807, 2.05) is 0 Å². The second-order valence-corrected chi connectivity index (χ2v) is 5.74. The Morgan fingerprint density at radius 3 is 2.52 bits per heavy atom. The number of aryl methyl sites for hydroxylation is 1. The lowest BCUT2D eigenvalue weighted by atomic mass is 10.2. The van der Waals surface area contributed by atoms with Gasteiger partial charge in [-0.05, 0) is 18.2 Å². The third-order valence-electron chi connectivity index (χ3n) is 3.21. The molecule has 1 amide bonds. The number of carbonyl (C=O) groups is 1. The maximum atomic E-state index is 12.0. The Balaban J connectivity index is 1.72. The lowest BCUT2D eigenvalue weighted by molar-refractivity contribution is 0.102. The Morgan fingerprint density at radius 1 is 1.13 bits per heavy atom. The second kappa shape index (κ2) is 6.44. The molecule has 0 saturated heterocycles. The van der Waals surface area contributed by atoms with E-state index in [0.717, 1.165) is 5.56 Å². The van der Waals surface area contributed by atoms with Gasteiger partial charge in [0.2, 0.25) is 0 Å². The van der Waals surface area contributed by atoms with Gasteiger partial charge in [0.25, 0.3) is 5.91 Å². The average Bonchev–Trinajstić information content (AvgIpc) is 3.12. The fraction of sp³-hybridized carbons (Fsp3) is 0.133. The van der Waals surface area contributed by atoms with E-state index in [0.29, 0.717) is 28.1 Å². The van der Waals surface area contributed by atoms with Gasteiger partial charge in [-0.3, -0.25) is 14.2 Å². The van der Waals surface area contributed by atoms with Gasteiger partial charge < -0.3 is 5.32 Å². The summed E-state index contributed by atoms with van der Waals surface area (Å²) in [5, 5.41) is 12.2. The van der Waals surface area contributed by atoms with Crippen LogP contribution >= 0.6 is 23.2 Å². The van der Waals surface area contributed by atoms with E-state index in [4.69, 9.17) is 23.2 Å². The minimum atomic E-state index is -0.313. The van der Waals surface area contributed by atoms with E-state index in [-0.39, 0.29) is 5.91 Å². The lowest BCUT2D eigenvalue weighted by Gasteiger charge is -2.06. The summed E-state index contributed by atoms with van der Waals surface area (Å²) >= 11 is 12.3. The monoisotopic (exact) mass is 349 g/mol. The van der Waals surface area contributed by atoms with Gasteiger partial charge in [-0.1, -0.05) is 29.3 Å². The Hall–Kier alpha value is -2.31. The van der Waals surface area contributed by atoms with Gasteiger partial charge in [0.1, 0.15) is 0 Å². The van der Waals surface area contributed by atoms with E-state index in [1.54, 1.807) is 59.1 Å². The average molecular weight is 350 g/mol. The topological polar surface area (TPSA) is 64.7 Å². The van der Waals surface area contributed by atoms with Crippen molar-refractivity contribution < 1.29 is 4.79 Å². The van der Waals surface area contributed by atoms with Crippen molar-refractivity contribution in [1.82, 2.24) is 19.6 Å². The second-order valence-electron chi connectivity index (χ2n) is 4.93. The van der Waals surface area contributed by atoms with Crippen LogP contribution in [-0.4, -0.2) is 25.5 Å². The SMILES string of the molecule is Cn1ccc(C(=O)Nc2ccn(Cc3c(Cl)cccc3Cl)n2)n1. The van der Waals surface area contributed by atoms with Gasteiger partial charge >= 0.3 is 0 Å². The first-order valence-corrected chi connectivity index (χ1v) is 7.56. The predicted octanol–water partition coefficient (Wildman–Crippen LogP) is 3.22. The van der Waals surface area contributed by atoms with Crippen molar-refractivity contribution in [2.45, 2.75) is 6.54 Å². The van der Waals surface area contributed by atoms with Gasteiger partial charge in [0.15, 0.2) is 11.5 Å². The molecule has 1 N–H and O–H groups in total. The largest absolute Gasteiger partial charge is 0.304 e. The molecular formula is C15H13Cl2N5O. The van der Waals surface area contributed by atoms with Crippen molar-refractivity contribution in [2.24, 2.45) is 7.05 Å². The molecule has 0 aliphatic rings. The van der Waals surface area contributed by atoms with Crippen LogP contribution in [0.2, 0.25) is 10.0 Å². The summed E-state index contributed by atoms with van der Waals surface area (Å²) in [5.74, 6) is 0.121. The van der Waals surface area contributed by atoms with Gasteiger partial charge in [0.05, 0.1) is 6.54 Å². The number of amides is 1. The number of halogens is 2. The van der Waals surface area contributed by atoms with Crippen LogP contribution in [0.1, 0.15) is 16.1 Å². The maximum Gasteiger partial charge on any atom is 0.277 e. The number of carbonyl (C=O) groups excluding carboxylic acids is 1. The zero-order chi connectivity index (χ0) is 16.4. The molecule has 0 atom stereocenters. The highest BCUT2D eigenvalue weighted by Crippen LogP contribution is 2.25. The summed E-state index contributed by atoms with van der Waals surface area (Å²) in [6, 6.07) is 8.67. The van der Waals surface area contributed by atoms with E-state index in [1.165, 1.54) is 0 Å². The van der Waals surface area contributed by atoms with Crippen LogP contribution in [0, 0.1) is 0 Å². The molecule has 3 aromatic rings. The van der Waals surface area contributed by atoms with Crippen molar-refractivity contribution >= 4 is 34.9 Å². The van der Waals surface area contributed by atoms with Crippen molar-refractivity contribution in [3.8, 4) is 0 Å². The lowest BCUT2D eigenvalue weighted by Crippen LogP contribution is -2.14. The van der Waals surface area contributed by atoms with E-state index < -0.39 is 0 Å². The first-order chi connectivity index (χ1) is 11.0. The van der Waals surface area contributed by atoms with Crippen molar-refractivity contribution in [3.05, 3.63) is 64.0 Å². The highest BCUT2D eigenvalue weighted by Gasteiger charge is 2.12. The highest BCUT2D eigenvalue weighted by molar-refractivity contribution is 6.35. The Morgan fingerprint density at radius 2 is 1.87 bits per heavy atom. The molecule has 0 bridgehead atoms.